The maximum absolute atomic E-state index is 2.61. The summed E-state index contributed by atoms with van der Waals surface area (Å²) >= 11 is 0. The van der Waals surface area contributed by atoms with Gasteiger partial charge in [0.05, 0.1) is 0 Å². The van der Waals surface area contributed by atoms with Gasteiger partial charge < -0.3 is 0 Å². The van der Waals surface area contributed by atoms with Crippen molar-refractivity contribution < 1.29 is 0 Å². The van der Waals surface area contributed by atoms with Crippen molar-refractivity contribution in [3.63, 3.8) is 0 Å². The SMILES string of the molecule is C1=C2CC(C1)C1(CCc3cc4c(C5CCCCC5)cccc4cc3C1)C2. The monoisotopic (exact) mass is 342 g/mol. The zero-order valence-corrected chi connectivity index (χ0v) is 15.9. The van der Waals surface area contributed by atoms with Gasteiger partial charge in [0, 0.05) is 0 Å². The Labute approximate surface area is 157 Å². The molecule has 0 aromatic heterocycles. The summed E-state index contributed by atoms with van der Waals surface area (Å²) in [6.07, 6.45) is 17.9. The quantitative estimate of drug-likeness (QED) is 0.485. The van der Waals surface area contributed by atoms with Gasteiger partial charge >= 0.3 is 0 Å². The van der Waals surface area contributed by atoms with E-state index in [1.807, 2.05) is 0 Å². The summed E-state index contributed by atoms with van der Waals surface area (Å²) in [5, 5.41) is 3.08. The van der Waals surface area contributed by atoms with Gasteiger partial charge in [0.2, 0.25) is 0 Å². The molecule has 4 aliphatic rings. The Morgan fingerprint density at radius 3 is 2.65 bits per heavy atom. The fourth-order valence-electron chi connectivity index (χ4n) is 6.96. The zero-order chi connectivity index (χ0) is 17.1. The summed E-state index contributed by atoms with van der Waals surface area (Å²) in [6, 6.07) is 12.3. The fraction of sp³-hybridized carbons (Fsp3) is 0.538. The average molecular weight is 343 g/mol. The van der Waals surface area contributed by atoms with Gasteiger partial charge in [0.15, 0.2) is 0 Å². The van der Waals surface area contributed by atoms with E-state index in [-0.39, 0.29) is 0 Å². The van der Waals surface area contributed by atoms with E-state index in [4.69, 9.17) is 0 Å². The second kappa shape index (κ2) is 5.72. The van der Waals surface area contributed by atoms with Gasteiger partial charge in [-0.05, 0) is 96.1 Å². The van der Waals surface area contributed by atoms with Gasteiger partial charge in [0.1, 0.15) is 0 Å². The van der Waals surface area contributed by atoms with Crippen LogP contribution in [0.4, 0.5) is 0 Å². The normalized spacial score (nSPS) is 30.8. The standard InChI is InChI=1S/C26H30/c1-2-5-19(6-3-1)24-8-4-7-21-14-22-17-26(12-11-20(22)15-25(21)24)16-18-9-10-23(26)13-18/h4,7-9,14-15,19,23H,1-3,5-6,10-13,16-17H2. The maximum Gasteiger partial charge on any atom is -0.0146 e. The van der Waals surface area contributed by atoms with Gasteiger partial charge in [0.25, 0.3) is 0 Å². The van der Waals surface area contributed by atoms with E-state index in [0.29, 0.717) is 5.41 Å². The predicted molar refractivity (Wildman–Crippen MR) is 110 cm³/mol. The van der Waals surface area contributed by atoms with Gasteiger partial charge in [-0.3, -0.25) is 0 Å². The summed E-state index contributed by atoms with van der Waals surface area (Å²) in [5.74, 6) is 1.76. The Kier molecular flexibility index (Phi) is 3.41. The number of rotatable bonds is 1. The number of allylic oxidation sites excluding steroid dienone is 2. The predicted octanol–water partition coefficient (Wildman–Crippen LogP) is 7.10. The zero-order valence-electron chi connectivity index (χ0n) is 15.9. The third-order valence-electron chi connectivity index (χ3n) is 8.36. The fourth-order valence-corrected chi connectivity index (χ4v) is 6.96. The van der Waals surface area contributed by atoms with Crippen LogP contribution in [0, 0.1) is 11.3 Å². The minimum Gasteiger partial charge on any atom is -0.0850 e. The summed E-state index contributed by atoms with van der Waals surface area (Å²) in [5.41, 5.74) is 7.39. The largest absolute Gasteiger partial charge is 0.0850 e. The third-order valence-corrected chi connectivity index (χ3v) is 8.36. The number of benzene rings is 2. The van der Waals surface area contributed by atoms with Crippen molar-refractivity contribution in [3.05, 3.63) is 58.7 Å². The first kappa shape index (κ1) is 15.5. The summed E-state index contributed by atoms with van der Waals surface area (Å²) in [4.78, 5) is 0. The van der Waals surface area contributed by atoms with Crippen LogP contribution in [0.3, 0.4) is 0 Å². The summed E-state index contributed by atoms with van der Waals surface area (Å²) in [6.45, 7) is 0. The molecule has 0 saturated heterocycles. The second-order valence-corrected chi connectivity index (χ2v) is 9.74. The first-order valence-corrected chi connectivity index (χ1v) is 11.0. The Morgan fingerprint density at radius 1 is 0.923 bits per heavy atom. The van der Waals surface area contributed by atoms with E-state index in [1.165, 1.54) is 76.0 Å². The van der Waals surface area contributed by atoms with Crippen molar-refractivity contribution in [2.45, 2.75) is 76.5 Å². The highest BCUT2D eigenvalue weighted by Gasteiger charge is 2.48. The van der Waals surface area contributed by atoms with Gasteiger partial charge in [-0.2, -0.15) is 0 Å². The van der Waals surface area contributed by atoms with Crippen molar-refractivity contribution in [2.75, 3.05) is 0 Å². The van der Waals surface area contributed by atoms with E-state index >= 15 is 0 Å². The molecule has 0 radical (unpaired) electrons. The van der Waals surface area contributed by atoms with Crippen molar-refractivity contribution in [1.29, 1.82) is 0 Å². The molecule has 0 heterocycles. The first-order valence-electron chi connectivity index (χ1n) is 11.0. The molecule has 0 N–H and O–H groups in total. The lowest BCUT2D eigenvalue weighted by atomic mass is 9.64. The Bertz CT molecular complexity index is 896. The highest BCUT2D eigenvalue weighted by Crippen LogP contribution is 2.58. The molecule has 2 bridgehead atoms. The lowest BCUT2D eigenvalue weighted by molar-refractivity contribution is 0.169. The van der Waals surface area contributed by atoms with E-state index < -0.39 is 0 Å². The summed E-state index contributed by atoms with van der Waals surface area (Å²) < 4.78 is 0. The molecule has 0 aliphatic heterocycles. The van der Waals surface area contributed by atoms with Gasteiger partial charge in [-0.1, -0.05) is 61.2 Å². The van der Waals surface area contributed by atoms with Crippen molar-refractivity contribution in [2.24, 2.45) is 11.3 Å². The lowest BCUT2D eigenvalue weighted by Gasteiger charge is -2.40. The molecule has 0 heteroatoms. The van der Waals surface area contributed by atoms with Crippen LogP contribution in [0.2, 0.25) is 0 Å². The molecule has 0 nitrogen and oxygen atoms in total. The Balaban J connectivity index is 1.40. The van der Waals surface area contributed by atoms with Crippen LogP contribution in [-0.2, 0) is 12.8 Å². The molecular formula is C26H30. The van der Waals surface area contributed by atoms with Crippen LogP contribution in [0.1, 0.15) is 80.4 Å². The highest BCUT2D eigenvalue weighted by molar-refractivity contribution is 5.88. The Hall–Kier alpha value is -1.56. The first-order chi connectivity index (χ1) is 12.8. The third kappa shape index (κ3) is 2.27. The minimum atomic E-state index is 0.617. The highest BCUT2D eigenvalue weighted by atomic mass is 14.5. The smallest absolute Gasteiger partial charge is 0.0146 e. The maximum atomic E-state index is 2.61. The molecule has 2 atom stereocenters. The number of aryl methyl sites for hydroxylation is 1. The molecule has 2 aromatic carbocycles. The van der Waals surface area contributed by atoms with Crippen LogP contribution in [0.5, 0.6) is 0 Å². The van der Waals surface area contributed by atoms with Crippen LogP contribution in [0.25, 0.3) is 10.8 Å². The molecule has 2 saturated carbocycles. The van der Waals surface area contributed by atoms with Crippen LogP contribution in [-0.4, -0.2) is 0 Å². The Morgan fingerprint density at radius 2 is 1.85 bits per heavy atom. The van der Waals surface area contributed by atoms with Crippen LogP contribution >= 0.6 is 0 Å². The molecule has 6 rings (SSSR count). The van der Waals surface area contributed by atoms with Crippen molar-refractivity contribution >= 4 is 10.8 Å². The minimum absolute atomic E-state index is 0.617. The molecular weight excluding hydrogens is 312 g/mol. The topological polar surface area (TPSA) is 0 Å². The van der Waals surface area contributed by atoms with Crippen LogP contribution in [0.15, 0.2) is 42.0 Å². The van der Waals surface area contributed by atoms with E-state index in [2.05, 4.69) is 36.4 Å². The van der Waals surface area contributed by atoms with E-state index in [9.17, 15) is 0 Å². The molecule has 2 fully saturated rings. The van der Waals surface area contributed by atoms with Crippen molar-refractivity contribution in [3.8, 4) is 0 Å². The molecule has 134 valence electrons. The average Bonchev–Trinajstić information content (AvgIpc) is 3.28. The number of fused-ring (bicyclic) bond motifs is 5. The second-order valence-electron chi connectivity index (χ2n) is 9.74. The van der Waals surface area contributed by atoms with Gasteiger partial charge in [-0.25, -0.2) is 0 Å². The molecule has 2 unspecified atom stereocenters. The number of hydrogen-bond donors (Lipinski definition) is 0. The van der Waals surface area contributed by atoms with E-state index in [0.717, 1.165) is 11.8 Å². The molecule has 0 amide bonds. The van der Waals surface area contributed by atoms with Crippen LogP contribution < -0.4 is 0 Å². The molecule has 26 heavy (non-hydrogen) atoms. The van der Waals surface area contributed by atoms with Crippen molar-refractivity contribution in [1.82, 2.24) is 0 Å². The molecule has 4 aliphatic carbocycles. The molecule has 2 aromatic rings. The number of hydrogen-bond acceptors (Lipinski definition) is 0. The summed E-state index contributed by atoms with van der Waals surface area (Å²) in [7, 11) is 0. The molecule has 1 spiro atoms. The van der Waals surface area contributed by atoms with Gasteiger partial charge in [-0.15, -0.1) is 0 Å². The lowest BCUT2D eigenvalue weighted by Crippen LogP contribution is -2.33. The van der Waals surface area contributed by atoms with E-state index in [1.54, 1.807) is 27.6 Å².